The first-order chi connectivity index (χ1) is 13.2. The van der Waals surface area contributed by atoms with Crippen molar-refractivity contribution in [3.05, 3.63) is 40.3 Å². The van der Waals surface area contributed by atoms with Gasteiger partial charge in [-0.2, -0.15) is 0 Å². The molecule has 2 aliphatic heterocycles. The zero-order valence-electron chi connectivity index (χ0n) is 16.4. The molecule has 27 heavy (non-hydrogen) atoms. The van der Waals surface area contributed by atoms with Gasteiger partial charge in [0.1, 0.15) is 5.75 Å². The number of piperidine rings is 1. The first-order valence-electron chi connectivity index (χ1n) is 9.97. The van der Waals surface area contributed by atoms with Gasteiger partial charge in [0, 0.05) is 69.0 Å². The van der Waals surface area contributed by atoms with Gasteiger partial charge in [0.05, 0.1) is 17.8 Å². The van der Waals surface area contributed by atoms with Crippen molar-refractivity contribution < 1.29 is 4.74 Å². The molecule has 0 radical (unpaired) electrons. The Morgan fingerprint density at radius 1 is 1.11 bits per heavy atom. The molecule has 0 N–H and O–H groups in total. The van der Waals surface area contributed by atoms with Gasteiger partial charge in [-0.1, -0.05) is 6.07 Å². The number of hydrogen-bond acceptors (Lipinski definition) is 6. The van der Waals surface area contributed by atoms with E-state index >= 15 is 0 Å². The molecule has 3 heterocycles. The smallest absolute Gasteiger partial charge is 0.120 e. The Morgan fingerprint density at radius 3 is 2.56 bits per heavy atom. The third-order valence-electron chi connectivity index (χ3n) is 5.86. The third kappa shape index (κ3) is 4.62. The van der Waals surface area contributed by atoms with Crippen LogP contribution >= 0.6 is 11.3 Å². The van der Waals surface area contributed by atoms with Crippen molar-refractivity contribution >= 4 is 17.0 Å². The fourth-order valence-corrected chi connectivity index (χ4v) is 4.91. The van der Waals surface area contributed by atoms with Gasteiger partial charge >= 0.3 is 0 Å². The van der Waals surface area contributed by atoms with Crippen LogP contribution in [0.5, 0.6) is 5.75 Å². The molecule has 0 saturated carbocycles. The molecule has 4 rings (SSSR count). The Hall–Kier alpha value is -1.63. The van der Waals surface area contributed by atoms with E-state index < -0.39 is 0 Å². The van der Waals surface area contributed by atoms with E-state index in [0.29, 0.717) is 0 Å². The van der Waals surface area contributed by atoms with Crippen molar-refractivity contribution in [2.45, 2.75) is 32.4 Å². The normalized spacial score (nSPS) is 20.1. The number of ether oxygens (including phenoxy) is 1. The maximum absolute atomic E-state index is 5.37. The summed E-state index contributed by atoms with van der Waals surface area (Å²) < 4.78 is 5.37. The number of benzene rings is 1. The second-order valence-corrected chi connectivity index (χ2v) is 8.65. The summed E-state index contributed by atoms with van der Waals surface area (Å²) >= 11 is 1.76. The number of nitrogens with zero attached hydrogens (tertiary/aromatic N) is 4. The van der Waals surface area contributed by atoms with E-state index in [1.807, 2.05) is 6.07 Å². The SMILES string of the molecule is COc1cccc(N2CCN(C3CCN(Cc4csc(C)n4)CC3)CC2)c1. The molecule has 5 nitrogen and oxygen atoms in total. The van der Waals surface area contributed by atoms with Gasteiger partial charge in [-0.05, 0) is 31.9 Å². The second kappa shape index (κ2) is 8.59. The number of hydrogen-bond donors (Lipinski definition) is 0. The minimum atomic E-state index is 0.742. The molecule has 2 aliphatic rings. The van der Waals surface area contributed by atoms with Crippen molar-refractivity contribution in [1.29, 1.82) is 0 Å². The molecule has 0 bridgehead atoms. The molecular formula is C21H30N4OS. The van der Waals surface area contributed by atoms with E-state index in [0.717, 1.165) is 44.5 Å². The van der Waals surface area contributed by atoms with Gasteiger partial charge in [0.15, 0.2) is 0 Å². The minimum absolute atomic E-state index is 0.742. The molecule has 0 spiro atoms. The van der Waals surface area contributed by atoms with Crippen LogP contribution in [-0.2, 0) is 6.54 Å². The highest BCUT2D eigenvalue weighted by molar-refractivity contribution is 7.09. The fraction of sp³-hybridized carbons (Fsp3) is 0.571. The summed E-state index contributed by atoms with van der Waals surface area (Å²) in [4.78, 5) is 12.4. The monoisotopic (exact) mass is 386 g/mol. The van der Waals surface area contributed by atoms with Crippen LogP contribution in [0.1, 0.15) is 23.5 Å². The lowest BCUT2D eigenvalue weighted by molar-refractivity contribution is 0.0993. The third-order valence-corrected chi connectivity index (χ3v) is 6.68. The number of piperazine rings is 1. The van der Waals surface area contributed by atoms with Crippen molar-refractivity contribution in [3.63, 3.8) is 0 Å². The average Bonchev–Trinajstić information content (AvgIpc) is 3.13. The molecule has 146 valence electrons. The molecule has 2 aromatic rings. The minimum Gasteiger partial charge on any atom is -0.497 e. The van der Waals surface area contributed by atoms with Crippen molar-refractivity contribution in [1.82, 2.24) is 14.8 Å². The lowest BCUT2D eigenvalue weighted by Gasteiger charge is -2.43. The topological polar surface area (TPSA) is 31.8 Å². The van der Waals surface area contributed by atoms with Gasteiger partial charge in [0.25, 0.3) is 0 Å². The Morgan fingerprint density at radius 2 is 1.89 bits per heavy atom. The van der Waals surface area contributed by atoms with Gasteiger partial charge in [0.2, 0.25) is 0 Å². The lowest BCUT2D eigenvalue weighted by Crippen LogP contribution is -2.53. The molecule has 0 unspecified atom stereocenters. The van der Waals surface area contributed by atoms with Gasteiger partial charge < -0.3 is 9.64 Å². The van der Waals surface area contributed by atoms with E-state index in [4.69, 9.17) is 4.74 Å². The summed E-state index contributed by atoms with van der Waals surface area (Å²) in [6.45, 7) is 10.0. The van der Waals surface area contributed by atoms with E-state index in [2.05, 4.69) is 50.2 Å². The number of rotatable bonds is 5. The average molecular weight is 387 g/mol. The van der Waals surface area contributed by atoms with Gasteiger partial charge in [-0.3, -0.25) is 9.80 Å². The summed E-state index contributed by atoms with van der Waals surface area (Å²) in [7, 11) is 1.74. The highest BCUT2D eigenvalue weighted by Gasteiger charge is 2.27. The van der Waals surface area contributed by atoms with Crippen LogP contribution in [0, 0.1) is 6.92 Å². The molecule has 0 aliphatic carbocycles. The first kappa shape index (κ1) is 18.7. The number of methoxy groups -OCH3 is 1. The van der Waals surface area contributed by atoms with Crippen LogP contribution in [0.25, 0.3) is 0 Å². The lowest BCUT2D eigenvalue weighted by atomic mass is 10.0. The van der Waals surface area contributed by atoms with E-state index in [9.17, 15) is 0 Å². The van der Waals surface area contributed by atoms with E-state index in [-0.39, 0.29) is 0 Å². The summed E-state index contributed by atoms with van der Waals surface area (Å²) in [5, 5.41) is 3.38. The van der Waals surface area contributed by atoms with Gasteiger partial charge in [-0.15, -0.1) is 11.3 Å². The summed E-state index contributed by atoms with van der Waals surface area (Å²) in [6.07, 6.45) is 2.56. The molecule has 0 amide bonds. The maximum atomic E-state index is 5.37. The number of thiazole rings is 1. The summed E-state index contributed by atoms with van der Waals surface area (Å²) in [5.41, 5.74) is 2.52. The largest absolute Gasteiger partial charge is 0.497 e. The highest BCUT2D eigenvalue weighted by Crippen LogP contribution is 2.25. The standard InChI is InChI=1S/C21H30N4OS/c1-17-22-18(16-27-17)15-23-8-6-19(7-9-23)24-10-12-25(13-11-24)20-4-3-5-21(14-20)26-2/h3-5,14,16,19H,6-13,15H2,1-2H3. The zero-order chi connectivity index (χ0) is 18.6. The number of anilines is 1. The van der Waals surface area contributed by atoms with E-state index in [1.165, 1.54) is 42.3 Å². The van der Waals surface area contributed by atoms with Crippen molar-refractivity contribution in [2.75, 3.05) is 51.3 Å². The summed E-state index contributed by atoms with van der Waals surface area (Å²) in [6, 6.07) is 9.18. The second-order valence-electron chi connectivity index (χ2n) is 7.59. The first-order valence-corrected chi connectivity index (χ1v) is 10.9. The highest BCUT2D eigenvalue weighted by atomic mass is 32.1. The Balaban J connectivity index is 1.24. The van der Waals surface area contributed by atoms with Crippen LogP contribution in [0.3, 0.4) is 0 Å². The number of likely N-dealkylation sites (tertiary alicyclic amines) is 1. The summed E-state index contributed by atoms with van der Waals surface area (Å²) in [5.74, 6) is 0.942. The number of aryl methyl sites for hydroxylation is 1. The van der Waals surface area contributed by atoms with Crippen LogP contribution in [0.4, 0.5) is 5.69 Å². The van der Waals surface area contributed by atoms with Gasteiger partial charge in [-0.25, -0.2) is 4.98 Å². The Kier molecular flexibility index (Phi) is 5.95. The fourth-order valence-electron chi connectivity index (χ4n) is 4.31. The molecule has 2 saturated heterocycles. The van der Waals surface area contributed by atoms with Crippen LogP contribution in [0.15, 0.2) is 29.6 Å². The van der Waals surface area contributed by atoms with E-state index in [1.54, 1.807) is 18.4 Å². The number of aromatic nitrogens is 1. The predicted molar refractivity (Wildman–Crippen MR) is 112 cm³/mol. The molecule has 1 aromatic carbocycles. The van der Waals surface area contributed by atoms with Crippen molar-refractivity contribution in [2.24, 2.45) is 0 Å². The Bertz CT molecular complexity index is 733. The molecule has 0 atom stereocenters. The molecule has 1 aromatic heterocycles. The van der Waals surface area contributed by atoms with Crippen LogP contribution in [-0.4, -0.2) is 67.2 Å². The quantitative estimate of drug-likeness (QED) is 0.788. The Labute approximate surface area is 166 Å². The maximum Gasteiger partial charge on any atom is 0.120 e. The predicted octanol–water partition coefficient (Wildman–Crippen LogP) is 3.25. The molecule has 6 heteroatoms. The molecular weight excluding hydrogens is 356 g/mol. The van der Waals surface area contributed by atoms with Crippen LogP contribution < -0.4 is 9.64 Å². The van der Waals surface area contributed by atoms with Crippen molar-refractivity contribution in [3.8, 4) is 5.75 Å². The zero-order valence-corrected chi connectivity index (χ0v) is 17.2. The molecule has 2 fully saturated rings. The van der Waals surface area contributed by atoms with Crippen LogP contribution in [0.2, 0.25) is 0 Å².